The van der Waals surface area contributed by atoms with Crippen LogP contribution in [0, 0.1) is 5.41 Å². The van der Waals surface area contributed by atoms with Crippen LogP contribution in [0.4, 0.5) is 0 Å². The number of aliphatic carboxylic acids is 1. The molecule has 0 aromatic carbocycles. The molecule has 1 aliphatic heterocycles. The number of ether oxygens (including phenoxy) is 1. The molecule has 2 rings (SSSR count). The largest absolute Gasteiger partial charge is 0.481 e. The average Bonchev–Trinajstić information content (AvgIpc) is 2.47. The van der Waals surface area contributed by atoms with Gasteiger partial charge >= 0.3 is 5.97 Å². The van der Waals surface area contributed by atoms with Crippen molar-refractivity contribution in [3.8, 4) is 0 Å². The van der Waals surface area contributed by atoms with Crippen molar-refractivity contribution in [2.24, 2.45) is 5.41 Å². The molecule has 1 N–H and O–H groups in total. The minimum atomic E-state index is -0.616. The molecular formula is C10H16O3. The molecule has 1 saturated heterocycles. The standard InChI is InChI=1S/C10H16O3/c11-9(12)10(4-2-5-10)7-8-3-1-6-13-8/h8H,1-7H2,(H,11,12). The Morgan fingerprint density at radius 1 is 1.46 bits per heavy atom. The molecule has 1 unspecified atom stereocenters. The normalized spacial score (nSPS) is 31.2. The van der Waals surface area contributed by atoms with E-state index < -0.39 is 11.4 Å². The first-order chi connectivity index (χ1) is 6.23. The Hall–Kier alpha value is -0.570. The van der Waals surface area contributed by atoms with Crippen molar-refractivity contribution in [3.63, 3.8) is 0 Å². The molecule has 2 aliphatic rings. The lowest BCUT2D eigenvalue weighted by atomic mass is 9.65. The Kier molecular flexibility index (Phi) is 2.28. The van der Waals surface area contributed by atoms with Gasteiger partial charge in [0.05, 0.1) is 11.5 Å². The van der Waals surface area contributed by atoms with Crippen molar-refractivity contribution in [2.75, 3.05) is 6.61 Å². The number of carboxylic acid groups (broad SMARTS) is 1. The van der Waals surface area contributed by atoms with Gasteiger partial charge in [0.2, 0.25) is 0 Å². The average molecular weight is 184 g/mol. The van der Waals surface area contributed by atoms with E-state index in [0.29, 0.717) is 0 Å². The molecule has 0 spiro atoms. The van der Waals surface area contributed by atoms with E-state index in [1.54, 1.807) is 0 Å². The summed E-state index contributed by atoms with van der Waals surface area (Å²) in [4.78, 5) is 11.0. The van der Waals surface area contributed by atoms with Crippen LogP contribution in [0.3, 0.4) is 0 Å². The van der Waals surface area contributed by atoms with Gasteiger partial charge in [-0.25, -0.2) is 0 Å². The third kappa shape index (κ3) is 1.57. The molecule has 0 aromatic rings. The molecule has 1 atom stereocenters. The van der Waals surface area contributed by atoms with Crippen LogP contribution in [0.5, 0.6) is 0 Å². The highest BCUT2D eigenvalue weighted by Crippen LogP contribution is 2.46. The smallest absolute Gasteiger partial charge is 0.309 e. The zero-order valence-electron chi connectivity index (χ0n) is 7.79. The highest BCUT2D eigenvalue weighted by Gasteiger charge is 2.46. The van der Waals surface area contributed by atoms with Crippen LogP contribution < -0.4 is 0 Å². The van der Waals surface area contributed by atoms with Gasteiger partial charge in [-0.1, -0.05) is 6.42 Å². The van der Waals surface area contributed by atoms with E-state index in [9.17, 15) is 4.79 Å². The third-order valence-corrected chi connectivity index (χ3v) is 3.41. The lowest BCUT2D eigenvalue weighted by Gasteiger charge is -2.39. The highest BCUT2D eigenvalue weighted by atomic mass is 16.5. The van der Waals surface area contributed by atoms with Crippen LogP contribution in [0.2, 0.25) is 0 Å². The van der Waals surface area contributed by atoms with Gasteiger partial charge in [-0.3, -0.25) is 4.79 Å². The second-order valence-corrected chi connectivity index (χ2v) is 4.28. The Labute approximate surface area is 78.1 Å². The van der Waals surface area contributed by atoms with Gasteiger partial charge in [0.15, 0.2) is 0 Å². The maximum absolute atomic E-state index is 11.0. The predicted octanol–water partition coefficient (Wildman–Crippen LogP) is 1.81. The molecule has 13 heavy (non-hydrogen) atoms. The summed E-state index contributed by atoms with van der Waals surface area (Å²) in [6.45, 7) is 0.820. The summed E-state index contributed by atoms with van der Waals surface area (Å²) < 4.78 is 5.47. The minimum absolute atomic E-state index is 0.219. The first-order valence-corrected chi connectivity index (χ1v) is 5.08. The number of carbonyl (C=O) groups is 1. The van der Waals surface area contributed by atoms with Crippen molar-refractivity contribution in [1.82, 2.24) is 0 Å². The third-order valence-electron chi connectivity index (χ3n) is 3.41. The van der Waals surface area contributed by atoms with Gasteiger partial charge in [0.1, 0.15) is 0 Å². The van der Waals surface area contributed by atoms with Crippen molar-refractivity contribution < 1.29 is 14.6 Å². The monoisotopic (exact) mass is 184 g/mol. The van der Waals surface area contributed by atoms with Gasteiger partial charge in [0.25, 0.3) is 0 Å². The van der Waals surface area contributed by atoms with E-state index in [-0.39, 0.29) is 6.10 Å². The number of hydrogen-bond donors (Lipinski definition) is 1. The molecule has 0 aromatic heterocycles. The molecule has 3 nitrogen and oxygen atoms in total. The maximum atomic E-state index is 11.0. The van der Waals surface area contributed by atoms with Gasteiger partial charge in [-0.05, 0) is 32.1 Å². The lowest BCUT2D eigenvalue weighted by molar-refractivity contribution is -0.157. The summed E-state index contributed by atoms with van der Waals surface area (Å²) in [6, 6.07) is 0. The van der Waals surface area contributed by atoms with Gasteiger partial charge < -0.3 is 9.84 Å². The van der Waals surface area contributed by atoms with Crippen LogP contribution in [0.25, 0.3) is 0 Å². The second-order valence-electron chi connectivity index (χ2n) is 4.28. The van der Waals surface area contributed by atoms with Gasteiger partial charge in [0, 0.05) is 6.61 Å². The first kappa shape index (κ1) is 9.00. The fourth-order valence-corrected chi connectivity index (χ4v) is 2.35. The molecule has 2 fully saturated rings. The van der Waals surface area contributed by atoms with Gasteiger partial charge in [-0.15, -0.1) is 0 Å². The number of hydrogen-bond acceptors (Lipinski definition) is 2. The second kappa shape index (κ2) is 3.29. The molecular weight excluding hydrogens is 168 g/mol. The van der Waals surface area contributed by atoms with E-state index in [1.807, 2.05) is 0 Å². The molecule has 0 amide bonds. The number of rotatable bonds is 3. The summed E-state index contributed by atoms with van der Waals surface area (Å²) in [5.74, 6) is -0.616. The van der Waals surface area contributed by atoms with E-state index in [2.05, 4.69) is 0 Å². The Bertz CT molecular complexity index is 202. The van der Waals surface area contributed by atoms with Crippen LogP contribution in [-0.4, -0.2) is 23.8 Å². The van der Waals surface area contributed by atoms with Crippen molar-refractivity contribution >= 4 is 5.97 Å². The Morgan fingerprint density at radius 3 is 2.62 bits per heavy atom. The molecule has 1 aliphatic carbocycles. The van der Waals surface area contributed by atoms with E-state index in [1.165, 1.54) is 0 Å². The Balaban J connectivity index is 1.93. The van der Waals surface area contributed by atoms with E-state index in [0.717, 1.165) is 45.1 Å². The molecule has 74 valence electrons. The van der Waals surface area contributed by atoms with Crippen molar-refractivity contribution in [2.45, 2.75) is 44.6 Å². The molecule has 1 heterocycles. The maximum Gasteiger partial charge on any atom is 0.309 e. The van der Waals surface area contributed by atoms with Crippen molar-refractivity contribution in [3.05, 3.63) is 0 Å². The minimum Gasteiger partial charge on any atom is -0.481 e. The SMILES string of the molecule is O=C(O)C1(CC2CCCO2)CCC1. The molecule has 1 saturated carbocycles. The van der Waals surface area contributed by atoms with Crippen LogP contribution in [-0.2, 0) is 9.53 Å². The first-order valence-electron chi connectivity index (χ1n) is 5.08. The highest BCUT2D eigenvalue weighted by molar-refractivity contribution is 5.75. The summed E-state index contributed by atoms with van der Waals surface area (Å²) in [5, 5.41) is 9.09. The fraction of sp³-hybridized carbons (Fsp3) is 0.900. The zero-order valence-corrected chi connectivity index (χ0v) is 7.79. The Morgan fingerprint density at radius 2 is 2.23 bits per heavy atom. The predicted molar refractivity (Wildman–Crippen MR) is 47.5 cm³/mol. The number of carboxylic acids is 1. The summed E-state index contributed by atoms with van der Waals surface area (Å²) in [7, 11) is 0. The van der Waals surface area contributed by atoms with Crippen LogP contribution in [0.1, 0.15) is 38.5 Å². The quantitative estimate of drug-likeness (QED) is 0.727. The van der Waals surface area contributed by atoms with E-state index >= 15 is 0 Å². The zero-order chi connectivity index (χ0) is 9.31. The topological polar surface area (TPSA) is 46.5 Å². The molecule has 3 heteroatoms. The summed E-state index contributed by atoms with van der Waals surface area (Å²) in [6.07, 6.45) is 5.87. The van der Waals surface area contributed by atoms with Gasteiger partial charge in [-0.2, -0.15) is 0 Å². The summed E-state index contributed by atoms with van der Waals surface area (Å²) in [5.41, 5.74) is -0.422. The summed E-state index contributed by atoms with van der Waals surface area (Å²) >= 11 is 0. The van der Waals surface area contributed by atoms with E-state index in [4.69, 9.17) is 9.84 Å². The molecule has 0 radical (unpaired) electrons. The van der Waals surface area contributed by atoms with Crippen LogP contribution in [0.15, 0.2) is 0 Å². The fourth-order valence-electron chi connectivity index (χ4n) is 2.35. The molecule has 0 bridgehead atoms. The lowest BCUT2D eigenvalue weighted by Crippen LogP contribution is -2.40. The van der Waals surface area contributed by atoms with Crippen LogP contribution >= 0.6 is 0 Å². The van der Waals surface area contributed by atoms with Crippen molar-refractivity contribution in [1.29, 1.82) is 0 Å².